The Morgan fingerprint density at radius 1 is 0.347 bits per heavy atom. The van der Waals surface area contributed by atoms with Crippen LogP contribution in [-0.4, -0.2) is 29.5 Å². The molecule has 0 saturated heterocycles. The van der Waals surface area contributed by atoms with Crippen LogP contribution in [0.2, 0.25) is 0 Å². The molecule has 0 atom stereocenters. The van der Waals surface area contributed by atoms with Crippen molar-refractivity contribution in [2.75, 3.05) is 0 Å². The van der Waals surface area contributed by atoms with Crippen molar-refractivity contribution in [2.24, 2.45) is 7.05 Å². The van der Waals surface area contributed by atoms with Crippen molar-refractivity contribution in [3.63, 3.8) is 0 Å². The minimum Gasteiger partial charge on any atom is -0.342 e. The van der Waals surface area contributed by atoms with Gasteiger partial charge in [-0.15, -0.1) is 0 Å². The van der Waals surface area contributed by atoms with Gasteiger partial charge in [-0.25, -0.2) is 24.9 Å². The van der Waals surface area contributed by atoms with Crippen molar-refractivity contribution in [2.45, 2.75) is 0 Å². The molecular formula is C65H41N7. The summed E-state index contributed by atoms with van der Waals surface area (Å²) in [5.74, 6) is 0.584. The summed E-state index contributed by atoms with van der Waals surface area (Å²) in [5.41, 5.74) is 17.0. The van der Waals surface area contributed by atoms with Crippen LogP contribution >= 0.6 is 0 Å². The molecule has 13 aromatic rings. The van der Waals surface area contributed by atoms with Crippen molar-refractivity contribution in [3.8, 4) is 96.1 Å². The molecule has 0 radical (unpaired) electrons. The van der Waals surface area contributed by atoms with Crippen LogP contribution < -0.4 is 0 Å². The largest absolute Gasteiger partial charge is 0.342 e. The number of fused-ring (bicyclic) bond motifs is 6. The van der Waals surface area contributed by atoms with Gasteiger partial charge in [0.25, 0.3) is 0 Å². The number of nitrogens with zero attached hydrogens (tertiary/aromatic N) is 7. The lowest BCUT2D eigenvalue weighted by Crippen LogP contribution is -2.03. The number of nitriles is 1. The molecule has 7 nitrogen and oxygen atoms in total. The molecule has 0 aliphatic carbocycles. The zero-order chi connectivity index (χ0) is 48.1. The van der Waals surface area contributed by atoms with E-state index in [1.165, 1.54) is 0 Å². The van der Waals surface area contributed by atoms with Gasteiger partial charge in [-0.1, -0.05) is 200 Å². The molecule has 7 heteroatoms. The predicted molar refractivity (Wildman–Crippen MR) is 293 cm³/mol. The zero-order valence-electron chi connectivity index (χ0n) is 39.1. The quantitative estimate of drug-likeness (QED) is 0.141. The minimum absolute atomic E-state index is 0.470. The second kappa shape index (κ2) is 17.6. The lowest BCUT2D eigenvalue weighted by atomic mass is 9.92. The first-order valence-electron chi connectivity index (χ1n) is 24.0. The Morgan fingerprint density at radius 3 is 1.25 bits per heavy atom. The van der Waals surface area contributed by atoms with E-state index in [9.17, 15) is 5.26 Å². The predicted octanol–water partition coefficient (Wildman–Crippen LogP) is 15.8. The highest BCUT2D eigenvalue weighted by Crippen LogP contribution is 2.44. The lowest BCUT2D eigenvalue weighted by molar-refractivity contribution is 0.941. The smallest absolute Gasteiger partial charge is 0.160 e. The Morgan fingerprint density at radius 2 is 0.750 bits per heavy atom. The van der Waals surface area contributed by atoms with E-state index in [4.69, 9.17) is 24.9 Å². The van der Waals surface area contributed by atoms with Crippen molar-refractivity contribution < 1.29 is 0 Å². The number of hydrogen-bond donors (Lipinski definition) is 0. The average Bonchev–Trinajstić information content (AvgIpc) is 3.84. The molecule has 0 aliphatic rings. The van der Waals surface area contributed by atoms with E-state index >= 15 is 0 Å². The van der Waals surface area contributed by atoms with E-state index < -0.39 is 0 Å². The highest BCUT2D eigenvalue weighted by atomic mass is 15.0. The van der Waals surface area contributed by atoms with Gasteiger partial charge in [-0.05, 0) is 52.6 Å². The molecule has 0 saturated carbocycles. The summed E-state index contributed by atoms with van der Waals surface area (Å²) >= 11 is 0. The third kappa shape index (κ3) is 7.17. The van der Waals surface area contributed by atoms with Crippen LogP contribution in [0.3, 0.4) is 0 Å². The Labute approximate surface area is 415 Å². The SMILES string of the molecule is Cn1c(-c2nc(-c3ccccc3)nc3c2ccc2c(-c4ccccc4)cc(-c4ccccc4)nc23)ccc1-c1c(C#N)c(-c2ccccc2)nc2c1ccc1c(-c3ccccc3)cc(-c3ccccc3)nc12. The molecule has 5 aromatic heterocycles. The molecule has 72 heavy (non-hydrogen) atoms. The fourth-order valence-corrected chi connectivity index (χ4v) is 10.2. The van der Waals surface area contributed by atoms with Gasteiger partial charge in [0.15, 0.2) is 5.82 Å². The summed E-state index contributed by atoms with van der Waals surface area (Å²) < 4.78 is 2.15. The molecule has 13 rings (SSSR count). The van der Waals surface area contributed by atoms with Crippen molar-refractivity contribution in [1.82, 2.24) is 29.5 Å². The molecule has 0 fully saturated rings. The van der Waals surface area contributed by atoms with E-state index in [0.717, 1.165) is 117 Å². The lowest BCUT2D eigenvalue weighted by Gasteiger charge is -2.18. The summed E-state index contributed by atoms with van der Waals surface area (Å²) in [6.07, 6.45) is 0. The van der Waals surface area contributed by atoms with E-state index in [1.807, 2.05) is 109 Å². The number of pyridine rings is 3. The molecule has 8 aromatic carbocycles. The first-order chi connectivity index (χ1) is 35.6. The van der Waals surface area contributed by atoms with E-state index in [2.05, 4.69) is 139 Å². The molecule has 336 valence electrons. The summed E-state index contributed by atoms with van der Waals surface area (Å²) in [5, 5.41) is 15.0. The number of benzene rings is 8. The Kier molecular flexibility index (Phi) is 10.3. The standard InChI is InChI=1S/C65H41N7/c1-72-56(58-49-34-32-47-51(41-20-8-2-9-21-41)38-54(43-24-12-4-13-25-43)67-61(47)63(49)69-59(53(58)40-66)45-28-16-6-17-29-45)36-37-57(72)60-50-35-33-48-52(42-22-10-3-11-23-42)39-55(44-26-14-5-15-27-44)68-62(48)64(50)71-65(70-60)46-30-18-7-19-31-46/h2-39H,1H3. The van der Waals surface area contributed by atoms with Crippen LogP contribution in [0.4, 0.5) is 0 Å². The molecule has 5 heterocycles. The molecular weight excluding hydrogens is 879 g/mol. The number of aromatic nitrogens is 6. The van der Waals surface area contributed by atoms with E-state index in [0.29, 0.717) is 22.6 Å². The highest BCUT2D eigenvalue weighted by Gasteiger charge is 2.26. The van der Waals surface area contributed by atoms with Crippen LogP contribution in [0.5, 0.6) is 0 Å². The summed E-state index contributed by atoms with van der Waals surface area (Å²) in [6.45, 7) is 0. The summed E-state index contributed by atoms with van der Waals surface area (Å²) in [6, 6.07) is 81.3. The maximum absolute atomic E-state index is 11.4. The van der Waals surface area contributed by atoms with Crippen LogP contribution in [0.1, 0.15) is 5.56 Å². The number of hydrogen-bond acceptors (Lipinski definition) is 6. The minimum atomic E-state index is 0.470. The van der Waals surface area contributed by atoms with Gasteiger partial charge in [0, 0.05) is 56.4 Å². The van der Waals surface area contributed by atoms with Crippen molar-refractivity contribution >= 4 is 43.6 Å². The number of rotatable bonds is 8. The maximum Gasteiger partial charge on any atom is 0.160 e. The second-order valence-corrected chi connectivity index (χ2v) is 17.9. The molecule has 0 aliphatic heterocycles. The second-order valence-electron chi connectivity index (χ2n) is 17.9. The molecule has 0 unspecified atom stereocenters. The van der Waals surface area contributed by atoms with Crippen LogP contribution in [0.25, 0.3) is 134 Å². The third-order valence-corrected chi connectivity index (χ3v) is 13.7. The van der Waals surface area contributed by atoms with Gasteiger partial charge in [-0.2, -0.15) is 5.26 Å². The Bertz CT molecular complexity index is 4250. The van der Waals surface area contributed by atoms with Gasteiger partial charge in [0.2, 0.25) is 0 Å². The third-order valence-electron chi connectivity index (χ3n) is 13.7. The van der Waals surface area contributed by atoms with Gasteiger partial charge in [0.05, 0.1) is 56.3 Å². The van der Waals surface area contributed by atoms with Crippen molar-refractivity contribution in [3.05, 3.63) is 236 Å². The topological polar surface area (TPSA) is 93.2 Å². The molecule has 0 N–H and O–H groups in total. The fraction of sp³-hybridized carbons (Fsp3) is 0.0154. The first kappa shape index (κ1) is 42.2. The first-order valence-corrected chi connectivity index (χ1v) is 24.0. The molecule has 0 bridgehead atoms. The molecule has 0 spiro atoms. The van der Waals surface area contributed by atoms with Gasteiger partial charge < -0.3 is 4.57 Å². The monoisotopic (exact) mass is 919 g/mol. The van der Waals surface area contributed by atoms with Gasteiger partial charge in [-0.3, -0.25) is 0 Å². The Hall–Kier alpha value is -9.90. The van der Waals surface area contributed by atoms with Gasteiger partial charge in [0.1, 0.15) is 11.6 Å². The van der Waals surface area contributed by atoms with Crippen LogP contribution in [-0.2, 0) is 7.05 Å². The van der Waals surface area contributed by atoms with E-state index in [1.54, 1.807) is 0 Å². The normalized spacial score (nSPS) is 11.4. The Balaban J connectivity index is 1.10. The maximum atomic E-state index is 11.4. The zero-order valence-corrected chi connectivity index (χ0v) is 39.1. The summed E-state index contributed by atoms with van der Waals surface area (Å²) in [4.78, 5) is 27.1. The van der Waals surface area contributed by atoms with E-state index in [-0.39, 0.29) is 0 Å². The summed E-state index contributed by atoms with van der Waals surface area (Å²) in [7, 11) is 2.05. The van der Waals surface area contributed by atoms with Gasteiger partial charge >= 0.3 is 0 Å². The fourth-order valence-electron chi connectivity index (χ4n) is 10.2. The van der Waals surface area contributed by atoms with Crippen LogP contribution in [0, 0.1) is 11.3 Å². The average molecular weight is 920 g/mol. The molecule has 0 amide bonds. The van der Waals surface area contributed by atoms with Crippen LogP contribution in [0.15, 0.2) is 231 Å². The highest BCUT2D eigenvalue weighted by molar-refractivity contribution is 6.15. The van der Waals surface area contributed by atoms with Crippen molar-refractivity contribution in [1.29, 1.82) is 5.26 Å².